The van der Waals surface area contributed by atoms with E-state index < -0.39 is 0 Å². The van der Waals surface area contributed by atoms with Gasteiger partial charge in [-0.3, -0.25) is 0 Å². The van der Waals surface area contributed by atoms with Crippen molar-refractivity contribution >= 4 is 11.5 Å². The third kappa shape index (κ3) is 1.24. The molecule has 3 nitrogen and oxygen atoms in total. The Morgan fingerprint density at radius 1 is 1.36 bits per heavy atom. The van der Waals surface area contributed by atoms with E-state index in [0.717, 1.165) is 23.3 Å². The van der Waals surface area contributed by atoms with Crippen LogP contribution in [-0.4, -0.2) is 25.1 Å². The molecule has 3 rings (SSSR count). The smallest absolute Gasteiger partial charge is 0.128 e. The van der Waals surface area contributed by atoms with Crippen LogP contribution in [0.3, 0.4) is 0 Å². The molecule has 1 N–H and O–H groups in total. The highest BCUT2D eigenvalue weighted by Crippen LogP contribution is 2.45. The number of nitrogens with one attached hydrogen (secondary N) is 1. The van der Waals surface area contributed by atoms with E-state index in [-0.39, 0.29) is 0 Å². The molecule has 3 heteroatoms. The van der Waals surface area contributed by atoms with Gasteiger partial charge in [0.15, 0.2) is 0 Å². The first-order valence-corrected chi connectivity index (χ1v) is 5.25. The van der Waals surface area contributed by atoms with Gasteiger partial charge in [-0.05, 0) is 30.4 Å². The predicted molar refractivity (Wildman–Crippen MR) is 57.6 cm³/mol. The molecule has 1 saturated carbocycles. The van der Waals surface area contributed by atoms with E-state index in [2.05, 4.69) is 27.3 Å². The van der Waals surface area contributed by atoms with Gasteiger partial charge in [-0.25, -0.2) is 4.98 Å². The highest BCUT2D eigenvalue weighted by atomic mass is 15.2. The molecular formula is C11H15N3. The Morgan fingerprint density at radius 2 is 2.14 bits per heavy atom. The fourth-order valence-electron chi connectivity index (χ4n) is 2.31. The molecule has 1 aromatic heterocycles. The Hall–Kier alpha value is -1.25. The Balaban J connectivity index is 1.76. The van der Waals surface area contributed by atoms with Crippen LogP contribution >= 0.6 is 0 Å². The van der Waals surface area contributed by atoms with E-state index in [1.807, 2.05) is 13.2 Å². The van der Waals surface area contributed by atoms with Crippen molar-refractivity contribution in [3.05, 3.63) is 18.3 Å². The molecule has 2 aliphatic rings. The third-order valence-corrected chi connectivity index (χ3v) is 3.34. The Morgan fingerprint density at radius 3 is 2.71 bits per heavy atom. The second-order valence-corrected chi connectivity index (χ2v) is 4.32. The number of piperidine rings is 1. The first kappa shape index (κ1) is 8.09. The van der Waals surface area contributed by atoms with Crippen LogP contribution in [-0.2, 0) is 0 Å². The molecule has 1 aliphatic carbocycles. The maximum Gasteiger partial charge on any atom is 0.128 e. The van der Waals surface area contributed by atoms with Crippen LogP contribution in [0.2, 0.25) is 0 Å². The van der Waals surface area contributed by atoms with Gasteiger partial charge in [-0.1, -0.05) is 0 Å². The average Bonchev–Trinajstić information content (AvgIpc) is 2.86. The number of hydrogen-bond donors (Lipinski definition) is 1. The normalized spacial score (nSPS) is 28.8. The molecule has 2 fully saturated rings. The Bertz CT molecular complexity index is 323. The summed E-state index contributed by atoms with van der Waals surface area (Å²) in [7, 11) is 1.92. The number of rotatable bonds is 2. The van der Waals surface area contributed by atoms with Gasteiger partial charge in [0.05, 0.1) is 11.9 Å². The molecule has 2 heterocycles. The van der Waals surface area contributed by atoms with Crippen molar-refractivity contribution < 1.29 is 0 Å². The maximum atomic E-state index is 4.45. The highest BCUT2D eigenvalue weighted by Gasteiger charge is 2.45. The van der Waals surface area contributed by atoms with Gasteiger partial charge >= 0.3 is 0 Å². The molecule has 2 unspecified atom stereocenters. The van der Waals surface area contributed by atoms with Gasteiger partial charge in [0.2, 0.25) is 0 Å². The van der Waals surface area contributed by atoms with E-state index >= 15 is 0 Å². The van der Waals surface area contributed by atoms with Gasteiger partial charge < -0.3 is 10.2 Å². The molecule has 74 valence electrons. The quantitative estimate of drug-likeness (QED) is 0.765. The fraction of sp³-hybridized carbons (Fsp3) is 0.545. The fourth-order valence-corrected chi connectivity index (χ4v) is 2.31. The highest BCUT2D eigenvalue weighted by molar-refractivity contribution is 5.49. The molecule has 0 aromatic carbocycles. The molecule has 1 aromatic rings. The summed E-state index contributed by atoms with van der Waals surface area (Å²) < 4.78 is 0. The third-order valence-electron chi connectivity index (χ3n) is 3.34. The second kappa shape index (κ2) is 2.87. The molecule has 14 heavy (non-hydrogen) atoms. The first-order valence-electron chi connectivity index (χ1n) is 5.25. The zero-order valence-electron chi connectivity index (χ0n) is 8.40. The van der Waals surface area contributed by atoms with Gasteiger partial charge in [0.25, 0.3) is 0 Å². The molecule has 0 spiro atoms. The number of pyridine rings is 1. The number of hydrogen-bond acceptors (Lipinski definition) is 3. The van der Waals surface area contributed by atoms with Crippen molar-refractivity contribution in [1.82, 2.24) is 4.98 Å². The monoisotopic (exact) mass is 189 g/mol. The Labute approximate surface area is 84.1 Å². The average molecular weight is 189 g/mol. The number of nitrogens with zero attached hydrogens (tertiary/aromatic N) is 2. The summed E-state index contributed by atoms with van der Waals surface area (Å²) in [5.74, 6) is 3.08. The molecule has 0 amide bonds. The minimum Gasteiger partial charge on any atom is -0.387 e. The largest absolute Gasteiger partial charge is 0.387 e. The van der Waals surface area contributed by atoms with E-state index in [1.54, 1.807) is 0 Å². The van der Waals surface area contributed by atoms with E-state index in [0.29, 0.717) is 0 Å². The summed E-state index contributed by atoms with van der Waals surface area (Å²) in [6.45, 7) is 2.44. The summed E-state index contributed by atoms with van der Waals surface area (Å²) in [6.07, 6.45) is 3.35. The first-order chi connectivity index (χ1) is 6.86. The van der Waals surface area contributed by atoms with Crippen LogP contribution in [0.5, 0.6) is 0 Å². The van der Waals surface area contributed by atoms with Crippen molar-refractivity contribution in [2.24, 2.45) is 11.8 Å². The van der Waals surface area contributed by atoms with Crippen molar-refractivity contribution in [2.45, 2.75) is 6.42 Å². The van der Waals surface area contributed by atoms with Gasteiger partial charge in [0.1, 0.15) is 5.82 Å². The lowest BCUT2D eigenvalue weighted by Crippen LogP contribution is -2.22. The molecule has 0 bridgehead atoms. The SMILES string of the molecule is CNc1ccc(N2CC3CC3C2)nc1. The lowest BCUT2D eigenvalue weighted by molar-refractivity contribution is 0.805. The van der Waals surface area contributed by atoms with Crippen LogP contribution < -0.4 is 10.2 Å². The maximum absolute atomic E-state index is 4.45. The van der Waals surface area contributed by atoms with Gasteiger partial charge in [0, 0.05) is 20.1 Å². The summed E-state index contributed by atoms with van der Waals surface area (Å²) >= 11 is 0. The van der Waals surface area contributed by atoms with Crippen LogP contribution in [0.4, 0.5) is 11.5 Å². The van der Waals surface area contributed by atoms with E-state index in [4.69, 9.17) is 0 Å². The van der Waals surface area contributed by atoms with Crippen molar-refractivity contribution in [3.8, 4) is 0 Å². The van der Waals surface area contributed by atoms with Crippen LogP contribution in [0.15, 0.2) is 18.3 Å². The van der Waals surface area contributed by atoms with Crippen molar-refractivity contribution in [2.75, 3.05) is 30.4 Å². The topological polar surface area (TPSA) is 28.2 Å². The van der Waals surface area contributed by atoms with Crippen LogP contribution in [0, 0.1) is 11.8 Å². The lowest BCUT2D eigenvalue weighted by atomic mass is 10.3. The molecule has 0 radical (unpaired) electrons. The number of fused-ring (bicyclic) bond motifs is 1. The van der Waals surface area contributed by atoms with Crippen molar-refractivity contribution in [3.63, 3.8) is 0 Å². The minimum atomic E-state index is 0.973. The lowest BCUT2D eigenvalue weighted by Gasteiger charge is -2.18. The summed E-state index contributed by atoms with van der Waals surface area (Å²) in [4.78, 5) is 6.85. The second-order valence-electron chi connectivity index (χ2n) is 4.32. The van der Waals surface area contributed by atoms with Gasteiger partial charge in [-0.2, -0.15) is 0 Å². The molecule has 1 saturated heterocycles. The Kier molecular flexibility index (Phi) is 1.66. The molecule has 2 atom stereocenters. The summed E-state index contributed by atoms with van der Waals surface area (Å²) in [5, 5.41) is 3.08. The summed E-state index contributed by atoms with van der Waals surface area (Å²) in [5.41, 5.74) is 1.08. The summed E-state index contributed by atoms with van der Waals surface area (Å²) in [6, 6.07) is 4.20. The van der Waals surface area contributed by atoms with Crippen molar-refractivity contribution in [1.29, 1.82) is 0 Å². The zero-order chi connectivity index (χ0) is 9.54. The van der Waals surface area contributed by atoms with Crippen LogP contribution in [0.25, 0.3) is 0 Å². The van der Waals surface area contributed by atoms with Gasteiger partial charge in [-0.15, -0.1) is 0 Å². The number of anilines is 2. The predicted octanol–water partition coefficient (Wildman–Crippen LogP) is 1.58. The molecule has 1 aliphatic heterocycles. The van der Waals surface area contributed by atoms with E-state index in [9.17, 15) is 0 Å². The zero-order valence-corrected chi connectivity index (χ0v) is 8.40. The number of aromatic nitrogens is 1. The van der Waals surface area contributed by atoms with E-state index in [1.165, 1.54) is 19.5 Å². The van der Waals surface area contributed by atoms with Crippen LogP contribution in [0.1, 0.15) is 6.42 Å². The molecular weight excluding hydrogens is 174 g/mol. The standard InChI is InChI=1S/C11H15N3/c1-12-10-2-3-11(13-5-10)14-6-8-4-9(8)7-14/h2-3,5,8-9,12H,4,6-7H2,1H3. The minimum absolute atomic E-state index is 0.973.